The molecule has 0 aromatic rings. The smallest absolute Gasteiger partial charge is 0.122 e. The topological polar surface area (TPSA) is 0 Å². The van der Waals surface area contributed by atoms with Crippen LogP contribution in [0.4, 0.5) is 8.22 Å². The Balaban J connectivity index is 2.32. The van der Waals surface area contributed by atoms with Crippen molar-refractivity contribution >= 4 is 9.46 Å². The lowest BCUT2D eigenvalue weighted by atomic mass is 11.9. The normalized spacial score (nSPS) is 9.00. The lowest BCUT2D eigenvalue weighted by molar-refractivity contribution is 0.673. The van der Waals surface area contributed by atoms with Gasteiger partial charge >= 0.3 is 0 Å². The summed E-state index contributed by atoms with van der Waals surface area (Å²) in [6.07, 6.45) is 0. The van der Waals surface area contributed by atoms with E-state index in [1.54, 1.807) is 0 Å². The van der Waals surface area contributed by atoms with Gasteiger partial charge in [-0.2, -0.15) is 0 Å². The maximum absolute atomic E-state index is 10.4. The van der Waals surface area contributed by atoms with Gasteiger partial charge in [0, 0.05) is 0 Å². The van der Waals surface area contributed by atoms with Crippen molar-refractivity contribution in [1.29, 1.82) is 0 Å². The zero-order valence-electron chi connectivity index (χ0n) is 2.26. The molecule has 0 radical (unpaired) electrons. The Labute approximate surface area is 25.4 Å². The van der Waals surface area contributed by atoms with Crippen LogP contribution < -0.4 is 0 Å². The molecule has 0 atom stereocenters. The largest absolute Gasteiger partial charge is 0.476 e. The second-order valence-electron chi connectivity index (χ2n) is 0.449. The third-order valence-corrected chi connectivity index (χ3v) is 0. The molecule has 0 aliphatic heterocycles. The van der Waals surface area contributed by atoms with Crippen molar-refractivity contribution < 1.29 is 8.22 Å². The molecule has 0 saturated carbocycles. The molecule has 0 aromatic carbocycles. The van der Waals surface area contributed by atoms with E-state index in [9.17, 15) is 8.22 Å². The summed E-state index contributed by atoms with van der Waals surface area (Å²) in [5.41, 5.74) is 0. The summed E-state index contributed by atoms with van der Waals surface area (Å²) in [7, 11) is -2.88. The maximum atomic E-state index is 10.4. The van der Waals surface area contributed by atoms with E-state index in [1.807, 2.05) is 0 Å². The van der Waals surface area contributed by atoms with Crippen molar-refractivity contribution in [2.45, 2.75) is 6.55 Å². The summed E-state index contributed by atoms with van der Waals surface area (Å²) in [4.78, 5) is 0. The maximum Gasteiger partial charge on any atom is 0.122 e. The molecule has 0 aliphatic rings. The monoisotopic (exact) mass is 81.0 g/mol. The predicted molar refractivity (Wildman–Crippen MR) is 13.8 cm³/mol. The number of hydrogen-bond acceptors (Lipinski definition) is 0. The fourth-order valence-electron chi connectivity index (χ4n) is 0. The van der Waals surface area contributed by atoms with Crippen molar-refractivity contribution in [2.75, 3.05) is 0 Å². The SMILES string of the molecule is C[Si-](F)F. The van der Waals surface area contributed by atoms with E-state index in [0.29, 0.717) is 0 Å². The van der Waals surface area contributed by atoms with Gasteiger partial charge in [0.2, 0.25) is 0 Å². The summed E-state index contributed by atoms with van der Waals surface area (Å²) in [5.74, 6) is 0. The van der Waals surface area contributed by atoms with E-state index in [-0.39, 0.29) is 0 Å². The molecule has 0 nitrogen and oxygen atoms in total. The minimum atomic E-state index is -2.88. The van der Waals surface area contributed by atoms with E-state index in [1.165, 1.54) is 0 Å². The van der Waals surface area contributed by atoms with Crippen molar-refractivity contribution in [3.8, 4) is 0 Å². The Morgan fingerprint density at radius 3 is 1.50 bits per heavy atom. The zero-order valence-corrected chi connectivity index (χ0v) is 3.26. The molecule has 26 valence electrons. The van der Waals surface area contributed by atoms with Gasteiger partial charge in [-0.15, -0.1) is 6.55 Å². The Kier molecular flexibility index (Phi) is 1.43. The lowest BCUT2D eigenvalue weighted by Gasteiger charge is -1.88. The van der Waals surface area contributed by atoms with E-state index in [0.717, 1.165) is 6.55 Å². The van der Waals surface area contributed by atoms with Crippen LogP contribution in [-0.4, -0.2) is 9.46 Å². The molecular formula is CH3F2Si-. The molecule has 0 aliphatic carbocycles. The van der Waals surface area contributed by atoms with Gasteiger partial charge in [-0.05, 0) is 0 Å². The van der Waals surface area contributed by atoms with Gasteiger partial charge in [-0.25, -0.2) is 0 Å². The fraction of sp³-hybridized carbons (Fsp3) is 1.00. The number of rotatable bonds is 0. The molecule has 0 saturated heterocycles. The van der Waals surface area contributed by atoms with Crippen molar-refractivity contribution in [1.82, 2.24) is 0 Å². The van der Waals surface area contributed by atoms with Crippen molar-refractivity contribution in [3.63, 3.8) is 0 Å². The third-order valence-electron chi connectivity index (χ3n) is 0. The molecule has 0 unspecified atom stereocenters. The first-order chi connectivity index (χ1) is 1.73. The van der Waals surface area contributed by atoms with E-state index in [2.05, 4.69) is 0 Å². The van der Waals surface area contributed by atoms with Crippen molar-refractivity contribution in [3.05, 3.63) is 0 Å². The van der Waals surface area contributed by atoms with Crippen LogP contribution >= 0.6 is 0 Å². The highest BCUT2D eigenvalue weighted by Gasteiger charge is 1.64. The third kappa shape index (κ3) is 407. The standard InChI is InChI=1S/CH3F2Si/c1-4(2)3/h1H3/q-1. The second-order valence-corrected chi connectivity index (χ2v) is 1.35. The second kappa shape index (κ2) is 1.40. The number of halogens is 2. The first-order valence-corrected chi connectivity index (χ1v) is 2.63. The highest BCUT2D eigenvalue weighted by molar-refractivity contribution is 6.40. The highest BCUT2D eigenvalue weighted by Crippen LogP contribution is 1.76. The molecule has 4 heavy (non-hydrogen) atoms. The molecule has 3 heteroatoms. The zero-order chi connectivity index (χ0) is 3.58. The number of hydrogen-bond donors (Lipinski definition) is 0. The van der Waals surface area contributed by atoms with E-state index < -0.39 is 9.46 Å². The first-order valence-electron chi connectivity index (χ1n) is 0.878. The Morgan fingerprint density at radius 2 is 1.50 bits per heavy atom. The van der Waals surface area contributed by atoms with Crippen LogP contribution in [0, 0.1) is 0 Å². The minimum Gasteiger partial charge on any atom is -0.476 e. The summed E-state index contributed by atoms with van der Waals surface area (Å²) in [6.45, 7) is 0.935. The average molecular weight is 81.1 g/mol. The Hall–Kier alpha value is 0.0769. The van der Waals surface area contributed by atoms with Crippen molar-refractivity contribution in [2.24, 2.45) is 0 Å². The molecule has 0 spiro atoms. The van der Waals surface area contributed by atoms with Crippen LogP contribution in [0.5, 0.6) is 0 Å². The summed E-state index contributed by atoms with van der Waals surface area (Å²) < 4.78 is 20.9. The highest BCUT2D eigenvalue weighted by atomic mass is 28.4. The van der Waals surface area contributed by atoms with Gasteiger partial charge in [0.05, 0.1) is 0 Å². The van der Waals surface area contributed by atoms with Crippen LogP contribution in [-0.2, 0) is 0 Å². The summed E-state index contributed by atoms with van der Waals surface area (Å²) >= 11 is 0. The summed E-state index contributed by atoms with van der Waals surface area (Å²) in [5, 5.41) is 0. The van der Waals surface area contributed by atoms with E-state index >= 15 is 0 Å². The molecule has 0 fully saturated rings. The van der Waals surface area contributed by atoms with Gasteiger partial charge in [0.1, 0.15) is 9.46 Å². The molecular weight excluding hydrogens is 78.1 g/mol. The van der Waals surface area contributed by atoms with Crippen LogP contribution in [0.15, 0.2) is 0 Å². The van der Waals surface area contributed by atoms with Gasteiger partial charge in [0.15, 0.2) is 0 Å². The van der Waals surface area contributed by atoms with Gasteiger partial charge in [-0.3, -0.25) is 0 Å². The van der Waals surface area contributed by atoms with E-state index in [4.69, 9.17) is 0 Å². The first kappa shape index (κ1) is 4.08. The molecule has 0 N–H and O–H groups in total. The van der Waals surface area contributed by atoms with Gasteiger partial charge < -0.3 is 8.22 Å². The molecule has 0 bridgehead atoms. The predicted octanol–water partition coefficient (Wildman–Crippen LogP) is 1.04. The van der Waals surface area contributed by atoms with Crippen LogP contribution in [0.1, 0.15) is 0 Å². The Bertz CT molecular complexity index is 10.8. The molecule has 0 heterocycles. The van der Waals surface area contributed by atoms with Crippen LogP contribution in [0.25, 0.3) is 0 Å². The average Bonchev–Trinajstić information content (AvgIpc) is 0.811. The Morgan fingerprint density at radius 1 is 1.50 bits per heavy atom. The quantitative estimate of drug-likeness (QED) is 0.302. The molecule has 0 aromatic heterocycles. The fourth-order valence-corrected chi connectivity index (χ4v) is 0. The minimum absolute atomic E-state index is 0.935. The van der Waals surface area contributed by atoms with Gasteiger partial charge in [-0.1, -0.05) is 0 Å². The van der Waals surface area contributed by atoms with Crippen LogP contribution in [0.3, 0.4) is 0 Å². The molecule has 0 rings (SSSR count). The van der Waals surface area contributed by atoms with Gasteiger partial charge in [0.25, 0.3) is 0 Å². The lowest BCUT2D eigenvalue weighted by Crippen LogP contribution is -1.79. The molecule has 0 amide bonds. The summed E-state index contributed by atoms with van der Waals surface area (Å²) in [6, 6.07) is 0. The van der Waals surface area contributed by atoms with Crippen LogP contribution in [0.2, 0.25) is 6.55 Å².